The highest BCUT2D eigenvalue weighted by molar-refractivity contribution is 7.89. The van der Waals surface area contributed by atoms with Gasteiger partial charge in [0, 0.05) is 29.9 Å². The highest BCUT2D eigenvalue weighted by Gasteiger charge is 2.28. The Morgan fingerprint density at radius 1 is 0.750 bits per heavy atom. The van der Waals surface area contributed by atoms with Gasteiger partial charge in [0.15, 0.2) is 0 Å². The van der Waals surface area contributed by atoms with Gasteiger partial charge in [0.05, 0.1) is 22.6 Å². The largest absolute Gasteiger partial charge is 0.325 e. The van der Waals surface area contributed by atoms with Crippen LogP contribution in [-0.4, -0.2) is 30.8 Å². The Morgan fingerprint density at radius 3 is 1.98 bits per heavy atom. The molecule has 0 aromatic heterocycles. The van der Waals surface area contributed by atoms with Crippen molar-refractivity contribution < 1.29 is 13.2 Å². The van der Waals surface area contributed by atoms with Crippen LogP contribution in [-0.2, 0) is 34.3 Å². The highest BCUT2D eigenvalue weighted by Crippen LogP contribution is 2.29. The molecule has 5 aromatic carbocycles. The molecular formula is C40H40N4O3S. The third-order valence-corrected chi connectivity index (χ3v) is 9.58. The molecule has 0 bridgehead atoms. The van der Waals surface area contributed by atoms with Gasteiger partial charge >= 0.3 is 0 Å². The molecule has 0 heterocycles. The van der Waals surface area contributed by atoms with Gasteiger partial charge < -0.3 is 5.32 Å². The predicted octanol–water partition coefficient (Wildman–Crippen LogP) is 7.55. The molecule has 0 fully saturated rings. The first-order valence-electron chi connectivity index (χ1n) is 15.9. The molecular weight excluding hydrogens is 617 g/mol. The fourth-order valence-electron chi connectivity index (χ4n) is 5.65. The van der Waals surface area contributed by atoms with Gasteiger partial charge in [-0.05, 0) is 79.8 Å². The molecule has 5 rings (SSSR count). The number of anilines is 1. The number of nitriles is 1. The topological polar surface area (TPSA) is 102 Å². The SMILES string of the molecule is CC(C)(C)NS(=O)(=O)c1ccccc1-c1ccc(NC(=O)C(Cc2ccccc2)N(Cc2ccccc2)Cc2cccc(C#N)c2)cc1. The Bertz CT molecular complexity index is 1980. The van der Waals surface area contributed by atoms with E-state index in [0.717, 1.165) is 16.7 Å². The highest BCUT2D eigenvalue weighted by atomic mass is 32.2. The van der Waals surface area contributed by atoms with Gasteiger partial charge in [-0.1, -0.05) is 103 Å². The molecule has 244 valence electrons. The maximum absolute atomic E-state index is 14.2. The van der Waals surface area contributed by atoms with Crippen LogP contribution in [0.1, 0.15) is 43.0 Å². The van der Waals surface area contributed by atoms with Crippen molar-refractivity contribution in [1.29, 1.82) is 5.26 Å². The van der Waals surface area contributed by atoms with Crippen LogP contribution in [0, 0.1) is 11.3 Å². The second-order valence-electron chi connectivity index (χ2n) is 12.8. The first kappa shape index (κ1) is 34.3. The van der Waals surface area contributed by atoms with E-state index in [1.54, 1.807) is 57.2 Å². The van der Waals surface area contributed by atoms with Crippen molar-refractivity contribution in [3.63, 3.8) is 0 Å². The summed E-state index contributed by atoms with van der Waals surface area (Å²) in [4.78, 5) is 16.6. The minimum absolute atomic E-state index is 0.170. The van der Waals surface area contributed by atoms with Crippen molar-refractivity contribution in [3.05, 3.63) is 156 Å². The molecule has 1 amide bonds. The summed E-state index contributed by atoms with van der Waals surface area (Å²) in [5.41, 5.74) is 4.85. The Balaban J connectivity index is 1.45. The number of hydrogen-bond acceptors (Lipinski definition) is 5. The average molecular weight is 657 g/mol. The average Bonchev–Trinajstić information content (AvgIpc) is 3.07. The van der Waals surface area contributed by atoms with Crippen LogP contribution in [0.4, 0.5) is 5.69 Å². The molecule has 0 radical (unpaired) electrons. The first-order valence-corrected chi connectivity index (χ1v) is 17.3. The van der Waals surface area contributed by atoms with Crippen molar-refractivity contribution in [2.75, 3.05) is 5.32 Å². The summed E-state index contributed by atoms with van der Waals surface area (Å²) in [6, 6.07) is 43.3. The molecule has 0 saturated carbocycles. The summed E-state index contributed by atoms with van der Waals surface area (Å²) >= 11 is 0. The summed E-state index contributed by atoms with van der Waals surface area (Å²) < 4.78 is 29.2. The van der Waals surface area contributed by atoms with Crippen LogP contribution in [0.2, 0.25) is 0 Å². The molecule has 0 aliphatic heterocycles. The van der Waals surface area contributed by atoms with Gasteiger partial charge in [0.1, 0.15) is 0 Å². The van der Waals surface area contributed by atoms with Gasteiger partial charge in [-0.2, -0.15) is 5.26 Å². The molecule has 1 unspecified atom stereocenters. The maximum atomic E-state index is 14.2. The van der Waals surface area contributed by atoms with E-state index in [1.807, 2.05) is 97.1 Å². The monoisotopic (exact) mass is 656 g/mol. The molecule has 48 heavy (non-hydrogen) atoms. The fraction of sp³-hybridized carbons (Fsp3) is 0.200. The van der Waals surface area contributed by atoms with Crippen LogP contribution in [0.25, 0.3) is 11.1 Å². The normalized spacial score (nSPS) is 12.3. The molecule has 0 aliphatic rings. The zero-order chi connectivity index (χ0) is 34.1. The summed E-state index contributed by atoms with van der Waals surface area (Å²) in [5.74, 6) is -0.170. The van der Waals surface area contributed by atoms with Crippen molar-refractivity contribution in [1.82, 2.24) is 9.62 Å². The zero-order valence-electron chi connectivity index (χ0n) is 27.4. The molecule has 8 heteroatoms. The molecule has 2 N–H and O–H groups in total. The number of carbonyl (C=O) groups excluding carboxylic acids is 1. The van der Waals surface area contributed by atoms with Crippen molar-refractivity contribution >= 4 is 21.6 Å². The van der Waals surface area contributed by atoms with E-state index in [-0.39, 0.29) is 10.8 Å². The Hall–Kier alpha value is -5.07. The van der Waals surface area contributed by atoms with Gasteiger partial charge in [0.2, 0.25) is 15.9 Å². The van der Waals surface area contributed by atoms with E-state index in [0.29, 0.717) is 41.9 Å². The number of hydrogen-bond donors (Lipinski definition) is 2. The minimum atomic E-state index is -3.78. The van der Waals surface area contributed by atoms with Crippen LogP contribution in [0.15, 0.2) is 138 Å². The van der Waals surface area contributed by atoms with E-state index in [2.05, 4.69) is 21.0 Å². The fourth-order valence-corrected chi connectivity index (χ4v) is 7.30. The van der Waals surface area contributed by atoms with Gasteiger partial charge in [-0.15, -0.1) is 0 Å². The molecule has 0 aliphatic carbocycles. The summed E-state index contributed by atoms with van der Waals surface area (Å²) in [6.07, 6.45) is 0.474. The Kier molecular flexibility index (Phi) is 10.9. The van der Waals surface area contributed by atoms with Crippen LogP contribution < -0.4 is 10.0 Å². The molecule has 7 nitrogen and oxygen atoms in total. The molecule has 5 aromatic rings. The Labute approximate surface area is 283 Å². The van der Waals surface area contributed by atoms with Crippen LogP contribution >= 0.6 is 0 Å². The number of nitrogens with one attached hydrogen (secondary N) is 2. The van der Waals surface area contributed by atoms with Gasteiger partial charge in [-0.3, -0.25) is 9.69 Å². The van der Waals surface area contributed by atoms with Crippen LogP contribution in [0.3, 0.4) is 0 Å². The predicted molar refractivity (Wildman–Crippen MR) is 191 cm³/mol. The lowest BCUT2D eigenvalue weighted by Crippen LogP contribution is -2.45. The van der Waals surface area contributed by atoms with Crippen molar-refractivity contribution in [3.8, 4) is 17.2 Å². The van der Waals surface area contributed by atoms with E-state index in [1.165, 1.54) is 0 Å². The third kappa shape index (κ3) is 9.26. The number of amides is 1. The minimum Gasteiger partial charge on any atom is -0.325 e. The zero-order valence-corrected chi connectivity index (χ0v) is 28.2. The standard InChI is InChI=1S/C40H40N4O3S/c1-40(2,3)43-48(46,47)38-20-11-10-19-36(38)34-21-23-35(24-22-34)42-39(45)37(26-30-13-6-4-7-14-30)44(28-31-15-8-5-9-16-31)29-33-18-12-17-32(25-33)27-41/h4-25,37,43H,26,28-29H2,1-3H3,(H,42,45). The molecule has 0 saturated heterocycles. The summed E-state index contributed by atoms with van der Waals surface area (Å²) in [5, 5.41) is 12.6. The van der Waals surface area contributed by atoms with Crippen molar-refractivity contribution in [2.45, 2.75) is 56.8 Å². The number of benzene rings is 5. The molecule has 1 atom stereocenters. The molecule has 0 spiro atoms. The van der Waals surface area contributed by atoms with E-state index in [4.69, 9.17) is 0 Å². The summed E-state index contributed by atoms with van der Waals surface area (Å²) in [7, 11) is -3.78. The van der Waals surface area contributed by atoms with Crippen molar-refractivity contribution in [2.24, 2.45) is 0 Å². The number of carbonyl (C=O) groups is 1. The second-order valence-corrected chi connectivity index (χ2v) is 14.5. The first-order chi connectivity index (χ1) is 23.0. The van der Waals surface area contributed by atoms with Gasteiger partial charge in [-0.25, -0.2) is 13.1 Å². The van der Waals surface area contributed by atoms with E-state index < -0.39 is 21.6 Å². The van der Waals surface area contributed by atoms with Gasteiger partial charge in [0.25, 0.3) is 0 Å². The Morgan fingerprint density at radius 2 is 1.33 bits per heavy atom. The maximum Gasteiger partial charge on any atom is 0.242 e. The smallest absolute Gasteiger partial charge is 0.242 e. The lowest BCUT2D eigenvalue weighted by Gasteiger charge is -2.31. The van der Waals surface area contributed by atoms with E-state index >= 15 is 0 Å². The quantitative estimate of drug-likeness (QED) is 0.144. The lowest BCUT2D eigenvalue weighted by atomic mass is 10.0. The summed E-state index contributed by atoms with van der Waals surface area (Å²) in [6.45, 7) is 6.40. The van der Waals surface area contributed by atoms with Crippen LogP contribution in [0.5, 0.6) is 0 Å². The van der Waals surface area contributed by atoms with E-state index in [9.17, 15) is 18.5 Å². The second kappa shape index (κ2) is 15.2. The number of rotatable bonds is 12. The lowest BCUT2D eigenvalue weighted by molar-refractivity contribution is -0.121. The third-order valence-electron chi connectivity index (χ3n) is 7.77. The number of sulfonamides is 1. The number of nitrogens with zero attached hydrogens (tertiary/aromatic N) is 2.